The first-order chi connectivity index (χ1) is 10.4. The average molecular weight is 281 g/mol. The zero-order valence-electron chi connectivity index (χ0n) is 11.5. The molecule has 21 heavy (non-hydrogen) atoms. The zero-order valence-corrected chi connectivity index (χ0v) is 11.5. The Balaban J connectivity index is 1.86. The molecule has 0 amide bonds. The van der Waals surface area contributed by atoms with Crippen molar-refractivity contribution in [3.8, 4) is 11.4 Å². The fraction of sp³-hybridized carbons (Fsp3) is 0.267. The Bertz CT molecular complexity index is 749. The van der Waals surface area contributed by atoms with Crippen LogP contribution in [0.25, 0.3) is 16.9 Å². The van der Waals surface area contributed by atoms with E-state index in [1.54, 1.807) is 12.4 Å². The van der Waals surface area contributed by atoms with Crippen molar-refractivity contribution in [3.63, 3.8) is 0 Å². The third-order valence-corrected chi connectivity index (χ3v) is 3.60. The Hall–Kier alpha value is -2.47. The minimum absolute atomic E-state index is 0.688. The van der Waals surface area contributed by atoms with E-state index >= 15 is 0 Å². The molecule has 4 rings (SSSR count). The van der Waals surface area contributed by atoms with Gasteiger partial charge in [0.2, 0.25) is 0 Å². The van der Waals surface area contributed by atoms with E-state index in [1.807, 2.05) is 35.0 Å². The third kappa shape index (κ3) is 2.23. The van der Waals surface area contributed by atoms with Crippen LogP contribution in [0.4, 0.5) is 5.82 Å². The summed E-state index contributed by atoms with van der Waals surface area (Å²) >= 11 is 0. The molecular weight excluding hydrogens is 266 g/mol. The molecule has 106 valence electrons. The quantitative estimate of drug-likeness (QED) is 0.714. The molecule has 6 heteroatoms. The molecule has 0 spiro atoms. The number of pyridine rings is 1. The lowest BCUT2D eigenvalue weighted by Gasteiger charge is -2.28. The van der Waals surface area contributed by atoms with E-state index in [1.165, 1.54) is 0 Å². The largest absolute Gasteiger partial charge is 0.378 e. The second kappa shape index (κ2) is 5.14. The van der Waals surface area contributed by atoms with E-state index < -0.39 is 0 Å². The molecular formula is C15H15N5O. The summed E-state index contributed by atoms with van der Waals surface area (Å²) in [6, 6.07) is 7.90. The van der Waals surface area contributed by atoms with Gasteiger partial charge in [-0.05, 0) is 24.3 Å². The number of morpholine rings is 1. The summed E-state index contributed by atoms with van der Waals surface area (Å²) in [4.78, 5) is 11.2. The summed E-state index contributed by atoms with van der Waals surface area (Å²) in [6.07, 6.45) is 5.48. The van der Waals surface area contributed by atoms with Crippen molar-refractivity contribution < 1.29 is 4.74 Å². The number of nitrogens with zero attached hydrogens (tertiary/aromatic N) is 5. The van der Waals surface area contributed by atoms with Gasteiger partial charge >= 0.3 is 0 Å². The number of ether oxygens (including phenoxy) is 1. The van der Waals surface area contributed by atoms with Crippen LogP contribution in [0.15, 0.2) is 42.9 Å². The monoisotopic (exact) mass is 281 g/mol. The molecule has 0 unspecified atom stereocenters. The van der Waals surface area contributed by atoms with E-state index in [2.05, 4.69) is 15.0 Å². The molecule has 6 nitrogen and oxygen atoms in total. The zero-order chi connectivity index (χ0) is 14.1. The average Bonchev–Trinajstić information content (AvgIpc) is 3.04. The van der Waals surface area contributed by atoms with Gasteiger partial charge in [-0.25, -0.2) is 9.50 Å². The van der Waals surface area contributed by atoms with Gasteiger partial charge in [0.25, 0.3) is 0 Å². The summed E-state index contributed by atoms with van der Waals surface area (Å²) in [5.74, 6) is 1.64. The van der Waals surface area contributed by atoms with Crippen molar-refractivity contribution >= 4 is 11.3 Å². The van der Waals surface area contributed by atoms with Gasteiger partial charge in [0.1, 0.15) is 5.52 Å². The Morgan fingerprint density at radius 2 is 2.00 bits per heavy atom. The van der Waals surface area contributed by atoms with Crippen LogP contribution in [0.1, 0.15) is 0 Å². The smallest absolute Gasteiger partial charge is 0.183 e. The van der Waals surface area contributed by atoms with Crippen LogP contribution in [0.3, 0.4) is 0 Å². The Kier molecular flexibility index (Phi) is 3.01. The van der Waals surface area contributed by atoms with Crippen molar-refractivity contribution in [3.05, 3.63) is 42.9 Å². The highest BCUT2D eigenvalue weighted by Gasteiger charge is 2.18. The maximum Gasteiger partial charge on any atom is 0.183 e. The van der Waals surface area contributed by atoms with Gasteiger partial charge in [0, 0.05) is 37.2 Å². The number of hydrogen-bond acceptors (Lipinski definition) is 5. The lowest BCUT2D eigenvalue weighted by atomic mass is 10.2. The van der Waals surface area contributed by atoms with Gasteiger partial charge in [0.05, 0.1) is 13.2 Å². The number of hydrogen-bond donors (Lipinski definition) is 0. The van der Waals surface area contributed by atoms with Crippen LogP contribution in [-0.4, -0.2) is 45.9 Å². The normalized spacial score (nSPS) is 15.5. The fourth-order valence-corrected chi connectivity index (χ4v) is 2.54. The van der Waals surface area contributed by atoms with Gasteiger partial charge in [0.15, 0.2) is 11.6 Å². The number of fused-ring (bicyclic) bond motifs is 1. The fourth-order valence-electron chi connectivity index (χ4n) is 2.54. The van der Waals surface area contributed by atoms with Gasteiger partial charge in [-0.3, -0.25) is 4.98 Å². The second-order valence-electron chi connectivity index (χ2n) is 4.94. The lowest BCUT2D eigenvalue weighted by molar-refractivity contribution is 0.122. The summed E-state index contributed by atoms with van der Waals surface area (Å²) in [7, 11) is 0. The first-order valence-corrected chi connectivity index (χ1v) is 7.00. The summed E-state index contributed by atoms with van der Waals surface area (Å²) in [6.45, 7) is 3.17. The van der Waals surface area contributed by atoms with Crippen LogP contribution in [-0.2, 0) is 4.74 Å². The first-order valence-electron chi connectivity index (χ1n) is 7.00. The molecule has 3 aromatic heterocycles. The Morgan fingerprint density at radius 3 is 2.81 bits per heavy atom. The van der Waals surface area contributed by atoms with Crippen LogP contribution >= 0.6 is 0 Å². The SMILES string of the molecule is c1cncc(-c2nc(N3CCOCC3)c3cccn3n2)c1. The van der Waals surface area contributed by atoms with Gasteiger partial charge < -0.3 is 9.64 Å². The van der Waals surface area contributed by atoms with Gasteiger partial charge in [-0.1, -0.05) is 0 Å². The molecule has 0 saturated carbocycles. The van der Waals surface area contributed by atoms with E-state index in [4.69, 9.17) is 9.72 Å². The predicted molar refractivity (Wildman–Crippen MR) is 79.3 cm³/mol. The number of anilines is 1. The summed E-state index contributed by atoms with van der Waals surface area (Å²) in [5, 5.41) is 4.57. The molecule has 0 radical (unpaired) electrons. The topological polar surface area (TPSA) is 55.5 Å². The lowest BCUT2D eigenvalue weighted by Crippen LogP contribution is -2.37. The Morgan fingerprint density at radius 1 is 1.10 bits per heavy atom. The van der Waals surface area contributed by atoms with E-state index in [9.17, 15) is 0 Å². The molecule has 0 aliphatic carbocycles. The van der Waals surface area contributed by atoms with Crippen LogP contribution in [0.5, 0.6) is 0 Å². The van der Waals surface area contributed by atoms with E-state index in [0.29, 0.717) is 5.82 Å². The maximum atomic E-state index is 5.43. The predicted octanol–water partition coefficient (Wildman–Crippen LogP) is 1.63. The summed E-state index contributed by atoms with van der Waals surface area (Å²) < 4.78 is 7.30. The second-order valence-corrected chi connectivity index (χ2v) is 4.94. The molecule has 4 heterocycles. The molecule has 3 aromatic rings. The van der Waals surface area contributed by atoms with Crippen molar-refractivity contribution in [2.75, 3.05) is 31.2 Å². The van der Waals surface area contributed by atoms with E-state index in [0.717, 1.165) is 43.2 Å². The standard InChI is InChI=1S/C15H15N5O/c1-3-12(11-16-5-1)14-17-15(19-7-9-21-10-8-19)13-4-2-6-20(13)18-14/h1-6,11H,7-10H2. The molecule has 1 aliphatic rings. The highest BCUT2D eigenvalue weighted by Crippen LogP contribution is 2.23. The first kappa shape index (κ1) is 12.3. The molecule has 0 N–H and O–H groups in total. The molecule has 1 fully saturated rings. The molecule has 0 atom stereocenters. The number of rotatable bonds is 2. The number of aromatic nitrogens is 4. The molecule has 0 bridgehead atoms. The Labute approximate surface area is 122 Å². The van der Waals surface area contributed by atoms with Crippen molar-refractivity contribution in [2.24, 2.45) is 0 Å². The molecule has 1 aliphatic heterocycles. The minimum atomic E-state index is 0.688. The molecule has 0 aromatic carbocycles. The molecule has 1 saturated heterocycles. The van der Waals surface area contributed by atoms with Gasteiger partial charge in [-0.2, -0.15) is 0 Å². The minimum Gasteiger partial charge on any atom is -0.378 e. The van der Waals surface area contributed by atoms with Crippen LogP contribution in [0, 0.1) is 0 Å². The third-order valence-electron chi connectivity index (χ3n) is 3.60. The highest BCUT2D eigenvalue weighted by atomic mass is 16.5. The van der Waals surface area contributed by atoms with Gasteiger partial charge in [-0.15, -0.1) is 5.10 Å². The highest BCUT2D eigenvalue weighted by molar-refractivity contribution is 5.71. The maximum absolute atomic E-state index is 5.43. The van der Waals surface area contributed by atoms with Crippen LogP contribution in [0.2, 0.25) is 0 Å². The van der Waals surface area contributed by atoms with Crippen LogP contribution < -0.4 is 4.90 Å². The van der Waals surface area contributed by atoms with Crippen molar-refractivity contribution in [2.45, 2.75) is 0 Å². The van der Waals surface area contributed by atoms with E-state index in [-0.39, 0.29) is 0 Å². The van der Waals surface area contributed by atoms with Crippen molar-refractivity contribution in [1.29, 1.82) is 0 Å². The summed E-state index contributed by atoms with van der Waals surface area (Å²) in [5.41, 5.74) is 1.94. The van der Waals surface area contributed by atoms with Crippen molar-refractivity contribution in [1.82, 2.24) is 19.6 Å².